The molecule has 2 aliphatic rings. The quantitative estimate of drug-likeness (QED) is 0.854. The van der Waals surface area contributed by atoms with Gasteiger partial charge in [0.1, 0.15) is 0 Å². The maximum absolute atomic E-state index is 12.1. The molecule has 6 nitrogen and oxygen atoms in total. The Labute approximate surface area is 143 Å². The van der Waals surface area contributed by atoms with Crippen molar-refractivity contribution in [2.45, 2.75) is 32.9 Å². The van der Waals surface area contributed by atoms with E-state index in [0.29, 0.717) is 6.79 Å². The molecule has 1 fully saturated rings. The van der Waals surface area contributed by atoms with Crippen LogP contribution in [0, 0.1) is 0 Å². The van der Waals surface area contributed by atoms with Gasteiger partial charge in [-0.05, 0) is 31.0 Å². The van der Waals surface area contributed by atoms with Crippen molar-refractivity contribution in [2.75, 3.05) is 39.5 Å². The molecule has 132 valence electrons. The van der Waals surface area contributed by atoms with Gasteiger partial charge in [0.05, 0.1) is 6.04 Å². The van der Waals surface area contributed by atoms with Crippen LogP contribution in [0.2, 0.25) is 0 Å². The Kier molecular flexibility index (Phi) is 5.58. The van der Waals surface area contributed by atoms with E-state index in [1.165, 1.54) is 5.56 Å². The Hall–Kier alpha value is -1.79. The van der Waals surface area contributed by atoms with Crippen molar-refractivity contribution < 1.29 is 14.3 Å². The second-order valence-electron chi connectivity index (χ2n) is 6.47. The molecule has 1 saturated heterocycles. The number of hydrogen-bond donors (Lipinski definition) is 1. The summed E-state index contributed by atoms with van der Waals surface area (Å²) in [7, 11) is 0. The summed E-state index contributed by atoms with van der Waals surface area (Å²) in [6, 6.07) is 6.09. The molecule has 0 bridgehead atoms. The van der Waals surface area contributed by atoms with E-state index in [1.54, 1.807) is 0 Å². The topological polar surface area (TPSA) is 54.0 Å². The highest BCUT2D eigenvalue weighted by Gasteiger charge is 2.25. The van der Waals surface area contributed by atoms with Gasteiger partial charge in [-0.15, -0.1) is 0 Å². The number of nitrogens with zero attached hydrogens (tertiary/aromatic N) is 2. The van der Waals surface area contributed by atoms with Gasteiger partial charge in [-0.1, -0.05) is 13.0 Å². The van der Waals surface area contributed by atoms with Gasteiger partial charge in [0.15, 0.2) is 11.5 Å². The Morgan fingerprint density at radius 2 is 1.96 bits per heavy atom. The number of amides is 1. The van der Waals surface area contributed by atoms with Gasteiger partial charge in [0, 0.05) is 39.3 Å². The molecule has 1 aromatic carbocycles. The van der Waals surface area contributed by atoms with Crippen LogP contribution in [0.3, 0.4) is 0 Å². The molecule has 0 saturated carbocycles. The second kappa shape index (κ2) is 7.85. The third-order valence-electron chi connectivity index (χ3n) is 4.73. The van der Waals surface area contributed by atoms with Crippen molar-refractivity contribution in [3.05, 3.63) is 23.8 Å². The van der Waals surface area contributed by atoms with Crippen LogP contribution >= 0.6 is 0 Å². The van der Waals surface area contributed by atoms with Gasteiger partial charge < -0.3 is 14.8 Å². The van der Waals surface area contributed by atoms with Crippen LogP contribution < -0.4 is 14.8 Å². The number of piperazine rings is 1. The van der Waals surface area contributed by atoms with Crippen molar-refractivity contribution >= 4 is 5.91 Å². The largest absolute Gasteiger partial charge is 0.454 e. The number of nitrogens with one attached hydrogen (secondary N) is 1. The third kappa shape index (κ3) is 3.99. The Morgan fingerprint density at radius 3 is 2.71 bits per heavy atom. The van der Waals surface area contributed by atoms with E-state index in [2.05, 4.69) is 34.2 Å². The standard InChI is InChI=1S/C18H27N3O3/c1-3-6-19-18(22)14(2)21-9-7-20(8-10-21)12-15-4-5-16-17(11-15)24-13-23-16/h4-5,11,14H,3,6-10,12-13H2,1-2H3,(H,19,22)/t14-/m0/s1. The van der Waals surface area contributed by atoms with Gasteiger partial charge in [-0.3, -0.25) is 14.6 Å². The summed E-state index contributed by atoms with van der Waals surface area (Å²) in [5, 5.41) is 2.98. The Balaban J connectivity index is 1.47. The number of hydrogen-bond acceptors (Lipinski definition) is 5. The predicted molar refractivity (Wildman–Crippen MR) is 92.2 cm³/mol. The molecule has 2 heterocycles. The highest BCUT2D eigenvalue weighted by molar-refractivity contribution is 5.81. The average Bonchev–Trinajstić information content (AvgIpc) is 3.07. The molecule has 0 unspecified atom stereocenters. The van der Waals surface area contributed by atoms with E-state index >= 15 is 0 Å². The maximum Gasteiger partial charge on any atom is 0.237 e. The van der Waals surface area contributed by atoms with E-state index in [1.807, 2.05) is 13.0 Å². The van der Waals surface area contributed by atoms with E-state index in [0.717, 1.165) is 57.2 Å². The zero-order valence-electron chi connectivity index (χ0n) is 14.6. The van der Waals surface area contributed by atoms with Crippen molar-refractivity contribution in [3.8, 4) is 11.5 Å². The van der Waals surface area contributed by atoms with E-state index < -0.39 is 0 Å². The van der Waals surface area contributed by atoms with Gasteiger partial charge in [0.25, 0.3) is 0 Å². The molecule has 0 aromatic heterocycles. The Morgan fingerprint density at radius 1 is 1.21 bits per heavy atom. The number of rotatable bonds is 6. The fourth-order valence-corrected chi connectivity index (χ4v) is 3.17. The van der Waals surface area contributed by atoms with Gasteiger partial charge in [0.2, 0.25) is 12.7 Å². The molecule has 2 aliphatic heterocycles. The van der Waals surface area contributed by atoms with E-state index in [-0.39, 0.29) is 11.9 Å². The van der Waals surface area contributed by atoms with Crippen molar-refractivity contribution in [3.63, 3.8) is 0 Å². The second-order valence-corrected chi connectivity index (χ2v) is 6.47. The Bertz CT molecular complexity index is 571. The predicted octanol–water partition coefficient (Wildman–Crippen LogP) is 1.45. The highest BCUT2D eigenvalue weighted by atomic mass is 16.7. The lowest BCUT2D eigenvalue weighted by atomic mass is 10.1. The number of ether oxygens (including phenoxy) is 2. The minimum atomic E-state index is -0.0516. The molecule has 0 radical (unpaired) electrons. The van der Waals surface area contributed by atoms with E-state index in [4.69, 9.17) is 9.47 Å². The van der Waals surface area contributed by atoms with Gasteiger partial charge in [-0.2, -0.15) is 0 Å². The number of carbonyl (C=O) groups is 1. The molecule has 24 heavy (non-hydrogen) atoms. The molecular weight excluding hydrogens is 306 g/mol. The van der Waals surface area contributed by atoms with Crippen LogP contribution in [0.4, 0.5) is 0 Å². The molecule has 1 atom stereocenters. The number of benzene rings is 1. The lowest BCUT2D eigenvalue weighted by molar-refractivity contribution is -0.126. The fraction of sp³-hybridized carbons (Fsp3) is 0.611. The fourth-order valence-electron chi connectivity index (χ4n) is 3.17. The van der Waals surface area contributed by atoms with Crippen LogP contribution in [-0.2, 0) is 11.3 Å². The SMILES string of the molecule is CCCNC(=O)[C@H](C)N1CCN(Cc2ccc3c(c2)OCO3)CC1. The monoisotopic (exact) mass is 333 g/mol. The molecule has 6 heteroatoms. The lowest BCUT2D eigenvalue weighted by Crippen LogP contribution is -2.53. The minimum Gasteiger partial charge on any atom is -0.454 e. The number of fused-ring (bicyclic) bond motifs is 1. The van der Waals surface area contributed by atoms with Gasteiger partial charge >= 0.3 is 0 Å². The summed E-state index contributed by atoms with van der Waals surface area (Å²) in [6.07, 6.45) is 0.974. The highest BCUT2D eigenvalue weighted by Crippen LogP contribution is 2.32. The smallest absolute Gasteiger partial charge is 0.237 e. The summed E-state index contributed by atoms with van der Waals surface area (Å²) in [6.45, 7) is 9.83. The van der Waals surface area contributed by atoms with Crippen molar-refractivity contribution in [1.29, 1.82) is 0 Å². The molecule has 1 amide bonds. The molecular formula is C18H27N3O3. The molecule has 1 aromatic rings. The molecule has 0 spiro atoms. The first-order valence-electron chi connectivity index (χ1n) is 8.80. The first kappa shape index (κ1) is 17.0. The van der Waals surface area contributed by atoms with E-state index in [9.17, 15) is 4.79 Å². The summed E-state index contributed by atoms with van der Waals surface area (Å²) in [5.74, 6) is 1.81. The molecule has 1 N–H and O–H groups in total. The first-order chi connectivity index (χ1) is 11.7. The third-order valence-corrected chi connectivity index (χ3v) is 4.73. The summed E-state index contributed by atoms with van der Waals surface area (Å²) < 4.78 is 10.8. The minimum absolute atomic E-state index is 0.0516. The summed E-state index contributed by atoms with van der Waals surface area (Å²) >= 11 is 0. The van der Waals surface area contributed by atoms with Crippen LogP contribution in [-0.4, -0.2) is 61.3 Å². The zero-order chi connectivity index (χ0) is 16.9. The summed E-state index contributed by atoms with van der Waals surface area (Å²) in [4.78, 5) is 16.8. The molecule has 3 rings (SSSR count). The van der Waals surface area contributed by atoms with Crippen LogP contribution in [0.5, 0.6) is 11.5 Å². The summed E-state index contributed by atoms with van der Waals surface area (Å²) in [5.41, 5.74) is 1.24. The average molecular weight is 333 g/mol. The van der Waals surface area contributed by atoms with Crippen LogP contribution in [0.1, 0.15) is 25.8 Å². The lowest BCUT2D eigenvalue weighted by Gasteiger charge is -2.37. The normalized spacial score (nSPS) is 19.2. The van der Waals surface area contributed by atoms with Crippen LogP contribution in [0.25, 0.3) is 0 Å². The van der Waals surface area contributed by atoms with Crippen LogP contribution in [0.15, 0.2) is 18.2 Å². The zero-order valence-corrected chi connectivity index (χ0v) is 14.6. The first-order valence-corrected chi connectivity index (χ1v) is 8.80. The van der Waals surface area contributed by atoms with Crippen molar-refractivity contribution in [1.82, 2.24) is 15.1 Å². The van der Waals surface area contributed by atoms with Gasteiger partial charge in [-0.25, -0.2) is 0 Å². The van der Waals surface area contributed by atoms with Crippen molar-refractivity contribution in [2.24, 2.45) is 0 Å². The molecule has 0 aliphatic carbocycles. The maximum atomic E-state index is 12.1. The number of carbonyl (C=O) groups excluding carboxylic acids is 1.